The molecule has 2 aliphatic rings. The van der Waals surface area contributed by atoms with Crippen LogP contribution in [0.15, 0.2) is 54.6 Å². The zero-order valence-corrected chi connectivity index (χ0v) is 13.6. The third kappa shape index (κ3) is 2.65. The van der Waals surface area contributed by atoms with E-state index in [1.807, 2.05) is 30.3 Å². The molecule has 2 aromatic rings. The van der Waals surface area contributed by atoms with Crippen molar-refractivity contribution in [1.29, 1.82) is 0 Å². The van der Waals surface area contributed by atoms with Gasteiger partial charge in [0.15, 0.2) is 6.04 Å². The van der Waals surface area contributed by atoms with E-state index in [0.29, 0.717) is 12.2 Å². The van der Waals surface area contributed by atoms with Gasteiger partial charge in [-0.1, -0.05) is 48.5 Å². The summed E-state index contributed by atoms with van der Waals surface area (Å²) in [5.74, 6) is -0.625. The number of carboxylic acid groups (broad SMARTS) is 1. The molecule has 1 spiro atoms. The monoisotopic (exact) mass is 337 g/mol. The lowest BCUT2D eigenvalue weighted by atomic mass is 9.87. The fraction of sp³-hybridized carbons (Fsp3) is 0.300. The largest absolute Gasteiger partial charge is 0.493 e. The van der Waals surface area contributed by atoms with E-state index in [0.717, 1.165) is 24.2 Å². The third-order valence-corrected chi connectivity index (χ3v) is 5.29. The highest BCUT2D eigenvalue weighted by molar-refractivity contribution is 5.89. The van der Waals surface area contributed by atoms with Crippen molar-refractivity contribution >= 4 is 11.9 Å². The van der Waals surface area contributed by atoms with E-state index < -0.39 is 12.0 Å². The fourth-order valence-corrected chi connectivity index (χ4v) is 3.88. The van der Waals surface area contributed by atoms with Gasteiger partial charge in [0.1, 0.15) is 5.75 Å². The molecule has 25 heavy (non-hydrogen) atoms. The molecular formula is C20H19NO4. The first-order chi connectivity index (χ1) is 12.1. The Labute approximate surface area is 145 Å². The van der Waals surface area contributed by atoms with Crippen LogP contribution in [0.4, 0.5) is 0 Å². The highest BCUT2D eigenvalue weighted by Crippen LogP contribution is 2.60. The second-order valence-electron chi connectivity index (χ2n) is 6.70. The number of rotatable bonds is 4. The topological polar surface area (TPSA) is 75.6 Å². The van der Waals surface area contributed by atoms with E-state index in [2.05, 4.69) is 5.32 Å². The average molecular weight is 337 g/mol. The summed E-state index contributed by atoms with van der Waals surface area (Å²) in [4.78, 5) is 24.4. The van der Waals surface area contributed by atoms with E-state index in [-0.39, 0.29) is 17.2 Å². The van der Waals surface area contributed by atoms with Crippen LogP contribution in [0.1, 0.15) is 30.0 Å². The summed E-state index contributed by atoms with van der Waals surface area (Å²) in [7, 11) is 0. The van der Waals surface area contributed by atoms with Crippen LogP contribution < -0.4 is 10.1 Å². The number of aliphatic carboxylic acids is 1. The molecule has 128 valence electrons. The molecular weight excluding hydrogens is 318 g/mol. The molecule has 4 rings (SSSR count). The number of ether oxygens (including phenoxy) is 1. The minimum atomic E-state index is -1.05. The zero-order valence-electron chi connectivity index (χ0n) is 13.6. The maximum absolute atomic E-state index is 12.8. The van der Waals surface area contributed by atoms with Crippen LogP contribution in [0.5, 0.6) is 5.75 Å². The van der Waals surface area contributed by atoms with E-state index in [4.69, 9.17) is 4.74 Å². The van der Waals surface area contributed by atoms with Crippen LogP contribution >= 0.6 is 0 Å². The number of hydrogen-bond acceptors (Lipinski definition) is 3. The number of nitrogens with one attached hydrogen (secondary N) is 1. The second-order valence-corrected chi connectivity index (χ2v) is 6.70. The molecule has 1 heterocycles. The van der Waals surface area contributed by atoms with Crippen molar-refractivity contribution in [3.8, 4) is 5.75 Å². The number of carbonyl (C=O) groups excluding carboxylic acids is 1. The third-order valence-electron chi connectivity index (χ3n) is 5.29. The number of hydrogen-bond donors (Lipinski definition) is 2. The normalized spacial score (nSPS) is 24.7. The van der Waals surface area contributed by atoms with Gasteiger partial charge in [0.25, 0.3) is 0 Å². The Morgan fingerprint density at radius 3 is 2.60 bits per heavy atom. The molecule has 1 fully saturated rings. The molecule has 0 aromatic heterocycles. The lowest BCUT2D eigenvalue weighted by Crippen LogP contribution is -2.37. The molecule has 0 saturated heterocycles. The molecule has 2 N–H and O–H groups in total. The number of carbonyl (C=O) groups is 2. The van der Waals surface area contributed by atoms with Crippen molar-refractivity contribution in [2.75, 3.05) is 6.61 Å². The Morgan fingerprint density at radius 1 is 1.12 bits per heavy atom. The Bertz CT molecular complexity index is 819. The molecule has 5 heteroatoms. The van der Waals surface area contributed by atoms with Gasteiger partial charge in [-0.15, -0.1) is 0 Å². The van der Waals surface area contributed by atoms with Gasteiger partial charge in [0, 0.05) is 16.9 Å². The molecule has 1 saturated carbocycles. The van der Waals surface area contributed by atoms with Gasteiger partial charge >= 0.3 is 5.97 Å². The second kappa shape index (κ2) is 5.92. The molecule has 0 unspecified atom stereocenters. The molecule has 3 atom stereocenters. The van der Waals surface area contributed by atoms with Crippen molar-refractivity contribution < 1.29 is 19.4 Å². The van der Waals surface area contributed by atoms with Crippen molar-refractivity contribution in [3.63, 3.8) is 0 Å². The summed E-state index contributed by atoms with van der Waals surface area (Å²) in [5.41, 5.74) is 1.43. The summed E-state index contributed by atoms with van der Waals surface area (Å²) in [6, 6.07) is 15.6. The van der Waals surface area contributed by atoms with Crippen LogP contribution in [-0.2, 0) is 15.0 Å². The quantitative estimate of drug-likeness (QED) is 0.899. The van der Waals surface area contributed by atoms with Crippen LogP contribution in [0.3, 0.4) is 0 Å². The van der Waals surface area contributed by atoms with Crippen LogP contribution in [-0.4, -0.2) is 23.6 Å². The van der Waals surface area contributed by atoms with Gasteiger partial charge in [0.2, 0.25) is 5.91 Å². The first-order valence-electron chi connectivity index (χ1n) is 8.42. The number of benzene rings is 2. The smallest absolute Gasteiger partial charge is 0.330 e. The van der Waals surface area contributed by atoms with Crippen LogP contribution in [0.2, 0.25) is 0 Å². The van der Waals surface area contributed by atoms with Crippen molar-refractivity contribution in [2.24, 2.45) is 5.92 Å². The minimum Gasteiger partial charge on any atom is -0.493 e. The molecule has 0 radical (unpaired) electrons. The van der Waals surface area contributed by atoms with Gasteiger partial charge in [-0.3, -0.25) is 4.79 Å². The van der Waals surface area contributed by atoms with E-state index in [9.17, 15) is 14.7 Å². The Morgan fingerprint density at radius 2 is 1.84 bits per heavy atom. The summed E-state index contributed by atoms with van der Waals surface area (Å²) in [5, 5.41) is 12.2. The summed E-state index contributed by atoms with van der Waals surface area (Å²) in [6.45, 7) is 0.585. The zero-order chi connectivity index (χ0) is 17.4. The van der Waals surface area contributed by atoms with Crippen molar-refractivity contribution in [3.05, 3.63) is 65.7 Å². The molecule has 5 nitrogen and oxygen atoms in total. The highest BCUT2D eigenvalue weighted by Gasteiger charge is 2.61. The van der Waals surface area contributed by atoms with Gasteiger partial charge in [-0.2, -0.15) is 0 Å². The van der Waals surface area contributed by atoms with Crippen LogP contribution in [0, 0.1) is 5.92 Å². The SMILES string of the molecule is O=C(O)[C@@H](NC(=O)[C@H]1C[C@@]12CCOc1ccccc12)c1ccccc1. The number of fused-ring (bicyclic) bond motifs is 2. The van der Waals surface area contributed by atoms with Gasteiger partial charge in [-0.25, -0.2) is 4.79 Å². The number of carboxylic acids is 1. The number of amides is 1. The Hall–Kier alpha value is -2.82. The van der Waals surface area contributed by atoms with E-state index in [1.165, 1.54) is 0 Å². The first kappa shape index (κ1) is 15.7. The average Bonchev–Trinajstić information content (AvgIpc) is 3.35. The Balaban J connectivity index is 1.55. The van der Waals surface area contributed by atoms with Crippen molar-refractivity contribution in [2.45, 2.75) is 24.3 Å². The predicted molar refractivity (Wildman–Crippen MR) is 91.3 cm³/mol. The van der Waals surface area contributed by atoms with Crippen LogP contribution in [0.25, 0.3) is 0 Å². The first-order valence-corrected chi connectivity index (χ1v) is 8.42. The van der Waals surface area contributed by atoms with Gasteiger partial charge in [0.05, 0.1) is 6.61 Å². The predicted octanol–water partition coefficient (Wildman–Crippen LogP) is 2.67. The van der Waals surface area contributed by atoms with Gasteiger partial charge in [-0.05, 0) is 24.5 Å². The lowest BCUT2D eigenvalue weighted by Gasteiger charge is -2.27. The van der Waals surface area contributed by atoms with E-state index >= 15 is 0 Å². The molecule has 1 aliphatic heterocycles. The van der Waals surface area contributed by atoms with Crippen molar-refractivity contribution in [1.82, 2.24) is 5.32 Å². The maximum atomic E-state index is 12.8. The minimum absolute atomic E-state index is 0.201. The summed E-state index contributed by atoms with van der Waals surface area (Å²) >= 11 is 0. The maximum Gasteiger partial charge on any atom is 0.330 e. The van der Waals surface area contributed by atoms with Gasteiger partial charge < -0.3 is 15.2 Å². The Kier molecular flexibility index (Phi) is 3.71. The summed E-state index contributed by atoms with van der Waals surface area (Å²) < 4.78 is 5.69. The molecule has 1 amide bonds. The molecule has 1 aliphatic carbocycles. The molecule has 2 aromatic carbocycles. The fourth-order valence-electron chi connectivity index (χ4n) is 3.88. The lowest BCUT2D eigenvalue weighted by molar-refractivity contribution is -0.142. The number of para-hydroxylation sites is 1. The standard InChI is InChI=1S/C20H19NO4/c22-18(21-17(19(23)24)13-6-2-1-3-7-13)15-12-20(15)10-11-25-16-9-5-4-8-14(16)20/h1-9,15,17H,10-12H2,(H,21,22)(H,23,24)/t15-,17+,20-/m1/s1. The summed E-state index contributed by atoms with van der Waals surface area (Å²) in [6.07, 6.45) is 1.52. The van der Waals surface area contributed by atoms with E-state index in [1.54, 1.807) is 24.3 Å². The highest BCUT2D eigenvalue weighted by atomic mass is 16.5. The molecule has 0 bridgehead atoms.